The van der Waals surface area contributed by atoms with Crippen LogP contribution in [-0.2, 0) is 0 Å². The van der Waals surface area contributed by atoms with Gasteiger partial charge in [0.25, 0.3) is 0 Å². The average molecular weight is 703 g/mol. The third-order valence-electron chi connectivity index (χ3n) is 11.0. The maximum Gasteiger partial charge on any atom is 0.136 e. The number of hydrogen-bond donors (Lipinski definition) is 0. The predicted octanol–water partition coefficient (Wildman–Crippen LogP) is 14.6. The van der Waals surface area contributed by atoms with Crippen LogP contribution in [0, 0.1) is 0 Å². The van der Waals surface area contributed by atoms with E-state index in [0.717, 1.165) is 61.4 Å². The van der Waals surface area contributed by atoms with E-state index in [1.54, 1.807) is 0 Å². The second kappa shape index (κ2) is 12.6. The molecule has 258 valence electrons. The lowest BCUT2D eigenvalue weighted by molar-refractivity contribution is 0.669. The Labute approximate surface area is 318 Å². The molecule has 0 unspecified atom stereocenters. The topological polar surface area (TPSA) is 21.3 Å². The zero-order chi connectivity index (χ0) is 36.3. The van der Waals surface area contributed by atoms with Gasteiger partial charge in [-0.25, -0.2) is 0 Å². The maximum atomic E-state index is 6.39. The maximum absolute atomic E-state index is 6.39. The highest BCUT2D eigenvalue weighted by atomic mass is 16.3. The van der Waals surface area contributed by atoms with Gasteiger partial charge in [-0.05, 0) is 88.6 Å². The number of furan rings is 1. The molecule has 0 N–H and O–H groups in total. The van der Waals surface area contributed by atoms with E-state index in [0.29, 0.717) is 0 Å². The largest absolute Gasteiger partial charge is 0.456 e. The Hall–Kier alpha value is -7.36. The van der Waals surface area contributed by atoms with Crippen LogP contribution in [0.4, 0.5) is 17.1 Å². The van der Waals surface area contributed by atoms with E-state index < -0.39 is 0 Å². The smallest absolute Gasteiger partial charge is 0.136 e. The summed E-state index contributed by atoms with van der Waals surface area (Å²) in [6.07, 6.45) is 0. The normalized spacial score (nSPS) is 11.6. The molecular formula is C52H34N2O. The lowest BCUT2D eigenvalue weighted by Crippen LogP contribution is -2.12. The first kappa shape index (κ1) is 31.2. The number of para-hydroxylation sites is 5. The van der Waals surface area contributed by atoms with Crippen LogP contribution < -0.4 is 4.90 Å². The molecule has 3 heteroatoms. The summed E-state index contributed by atoms with van der Waals surface area (Å²) in [5.41, 5.74) is 13.1. The van der Waals surface area contributed by atoms with Crippen molar-refractivity contribution in [3.63, 3.8) is 0 Å². The molecule has 0 spiro atoms. The fourth-order valence-corrected chi connectivity index (χ4v) is 8.52. The fraction of sp³-hybridized carbons (Fsp3) is 0. The van der Waals surface area contributed by atoms with Gasteiger partial charge in [0.05, 0.1) is 22.4 Å². The van der Waals surface area contributed by atoms with E-state index in [-0.39, 0.29) is 0 Å². The summed E-state index contributed by atoms with van der Waals surface area (Å²) in [5, 5.41) is 7.19. The lowest BCUT2D eigenvalue weighted by atomic mass is 9.95. The van der Waals surface area contributed by atoms with Crippen molar-refractivity contribution in [1.82, 2.24) is 4.57 Å². The third-order valence-corrected chi connectivity index (χ3v) is 11.0. The van der Waals surface area contributed by atoms with Crippen molar-refractivity contribution in [2.45, 2.75) is 0 Å². The molecule has 0 radical (unpaired) electrons. The predicted molar refractivity (Wildman–Crippen MR) is 231 cm³/mol. The van der Waals surface area contributed by atoms with E-state index in [2.05, 4.69) is 210 Å². The Morgan fingerprint density at radius 3 is 1.71 bits per heavy atom. The zero-order valence-electron chi connectivity index (χ0n) is 29.9. The summed E-state index contributed by atoms with van der Waals surface area (Å²) < 4.78 is 8.77. The Balaban J connectivity index is 1.15. The third kappa shape index (κ3) is 5.05. The van der Waals surface area contributed by atoms with Gasteiger partial charge in [-0.15, -0.1) is 0 Å². The molecule has 0 saturated heterocycles. The van der Waals surface area contributed by atoms with Crippen LogP contribution in [0.25, 0.3) is 82.5 Å². The van der Waals surface area contributed by atoms with E-state index in [4.69, 9.17) is 4.42 Å². The van der Waals surface area contributed by atoms with Gasteiger partial charge in [-0.1, -0.05) is 140 Å². The van der Waals surface area contributed by atoms with Gasteiger partial charge in [0, 0.05) is 44.0 Å². The van der Waals surface area contributed by atoms with Crippen molar-refractivity contribution >= 4 is 71.6 Å². The van der Waals surface area contributed by atoms with Crippen LogP contribution in [0.3, 0.4) is 0 Å². The Morgan fingerprint density at radius 2 is 0.945 bits per heavy atom. The van der Waals surface area contributed by atoms with Gasteiger partial charge >= 0.3 is 0 Å². The molecule has 0 fully saturated rings. The van der Waals surface area contributed by atoms with E-state index in [1.165, 1.54) is 38.1 Å². The SMILES string of the molecule is c1ccc(N(c2ccc(-n3c4ccccc4c4ccccc43)cc2)c2ccccc2-c2cccc3oc4ccccc4c23)c(-c2ccc3ccccc3c2)c1. The minimum Gasteiger partial charge on any atom is -0.456 e. The number of fused-ring (bicyclic) bond motifs is 7. The molecule has 0 aliphatic heterocycles. The van der Waals surface area contributed by atoms with Crippen molar-refractivity contribution in [2.24, 2.45) is 0 Å². The lowest BCUT2D eigenvalue weighted by Gasteiger charge is -2.30. The summed E-state index contributed by atoms with van der Waals surface area (Å²) in [5.74, 6) is 0. The first-order chi connectivity index (χ1) is 27.3. The molecule has 2 aromatic heterocycles. The Morgan fingerprint density at radius 1 is 0.382 bits per heavy atom. The second-order valence-corrected chi connectivity index (χ2v) is 14.1. The highest BCUT2D eigenvalue weighted by Gasteiger charge is 2.23. The monoisotopic (exact) mass is 702 g/mol. The quantitative estimate of drug-likeness (QED) is 0.172. The standard InChI is InChI=1S/C52H34N2O/c1-2-15-36-34-37(29-28-35(36)14-1)40-16-3-8-22-46(40)53(38-30-32-39(33-31-38)54-47-23-9-4-17-41(47)42-18-5-10-24-48(42)54)49-25-11-6-19-43(49)44-21-13-27-51-52(44)45-20-7-12-26-50(45)55-51/h1-34H. The minimum atomic E-state index is 0.882. The highest BCUT2D eigenvalue weighted by Crippen LogP contribution is 2.47. The summed E-state index contributed by atoms with van der Waals surface area (Å²) in [6, 6.07) is 74.0. The van der Waals surface area contributed by atoms with Crippen LogP contribution in [0.15, 0.2) is 211 Å². The number of nitrogens with zero attached hydrogens (tertiary/aromatic N) is 2. The van der Waals surface area contributed by atoms with Gasteiger partial charge in [-0.2, -0.15) is 0 Å². The van der Waals surface area contributed by atoms with Crippen LogP contribution in [0.2, 0.25) is 0 Å². The van der Waals surface area contributed by atoms with E-state index in [9.17, 15) is 0 Å². The van der Waals surface area contributed by atoms with Crippen molar-refractivity contribution in [3.05, 3.63) is 206 Å². The van der Waals surface area contributed by atoms with Gasteiger partial charge in [0.2, 0.25) is 0 Å². The van der Waals surface area contributed by atoms with Crippen LogP contribution in [0.5, 0.6) is 0 Å². The number of anilines is 3. The van der Waals surface area contributed by atoms with Crippen molar-refractivity contribution in [1.29, 1.82) is 0 Å². The second-order valence-electron chi connectivity index (χ2n) is 14.1. The molecule has 0 bridgehead atoms. The Kier molecular flexibility index (Phi) is 7.17. The zero-order valence-corrected chi connectivity index (χ0v) is 29.9. The van der Waals surface area contributed by atoms with E-state index >= 15 is 0 Å². The molecule has 0 saturated carbocycles. The molecule has 2 heterocycles. The molecule has 55 heavy (non-hydrogen) atoms. The number of rotatable bonds is 6. The number of aromatic nitrogens is 1. The van der Waals surface area contributed by atoms with E-state index in [1.807, 2.05) is 6.07 Å². The van der Waals surface area contributed by atoms with Gasteiger partial charge in [0.1, 0.15) is 11.2 Å². The summed E-state index contributed by atoms with van der Waals surface area (Å²) in [4.78, 5) is 2.43. The number of benzene rings is 9. The summed E-state index contributed by atoms with van der Waals surface area (Å²) >= 11 is 0. The van der Waals surface area contributed by atoms with Crippen molar-refractivity contribution in [2.75, 3.05) is 4.90 Å². The molecule has 11 aromatic rings. The average Bonchev–Trinajstić information content (AvgIpc) is 3.81. The van der Waals surface area contributed by atoms with Crippen molar-refractivity contribution < 1.29 is 4.42 Å². The Bertz CT molecular complexity index is 3170. The van der Waals surface area contributed by atoms with Crippen LogP contribution >= 0.6 is 0 Å². The number of hydrogen-bond acceptors (Lipinski definition) is 2. The van der Waals surface area contributed by atoms with Gasteiger partial charge in [-0.3, -0.25) is 0 Å². The molecule has 3 nitrogen and oxygen atoms in total. The van der Waals surface area contributed by atoms with Gasteiger partial charge in [0.15, 0.2) is 0 Å². The molecule has 0 atom stereocenters. The first-order valence-corrected chi connectivity index (χ1v) is 18.8. The van der Waals surface area contributed by atoms with Crippen LogP contribution in [0.1, 0.15) is 0 Å². The molecule has 0 aliphatic rings. The molecule has 0 amide bonds. The molecule has 9 aromatic carbocycles. The van der Waals surface area contributed by atoms with Crippen molar-refractivity contribution in [3.8, 4) is 27.9 Å². The molecular weight excluding hydrogens is 669 g/mol. The summed E-state index contributed by atoms with van der Waals surface area (Å²) in [7, 11) is 0. The summed E-state index contributed by atoms with van der Waals surface area (Å²) in [6.45, 7) is 0. The minimum absolute atomic E-state index is 0.882. The molecule has 11 rings (SSSR count). The highest BCUT2D eigenvalue weighted by molar-refractivity contribution is 6.14. The van der Waals surface area contributed by atoms with Crippen LogP contribution in [-0.4, -0.2) is 4.57 Å². The fourth-order valence-electron chi connectivity index (χ4n) is 8.52. The molecule has 0 aliphatic carbocycles. The van der Waals surface area contributed by atoms with Gasteiger partial charge < -0.3 is 13.9 Å². The first-order valence-electron chi connectivity index (χ1n) is 18.8.